The van der Waals surface area contributed by atoms with E-state index in [-0.39, 0.29) is 12.3 Å². The summed E-state index contributed by atoms with van der Waals surface area (Å²) in [6.45, 7) is 3.77. The molecular formula is C13H18O3. The molecule has 0 saturated heterocycles. The zero-order valence-electron chi connectivity index (χ0n) is 9.93. The van der Waals surface area contributed by atoms with Gasteiger partial charge in [-0.25, -0.2) is 0 Å². The summed E-state index contributed by atoms with van der Waals surface area (Å²) in [4.78, 5) is 11.3. The van der Waals surface area contributed by atoms with Crippen LogP contribution in [0.4, 0.5) is 0 Å². The van der Waals surface area contributed by atoms with Gasteiger partial charge in [0.1, 0.15) is 5.60 Å². The van der Waals surface area contributed by atoms with Crippen molar-refractivity contribution in [2.45, 2.75) is 25.9 Å². The lowest BCUT2D eigenvalue weighted by Gasteiger charge is -2.31. The van der Waals surface area contributed by atoms with E-state index >= 15 is 0 Å². The zero-order valence-corrected chi connectivity index (χ0v) is 9.93. The van der Waals surface area contributed by atoms with Crippen molar-refractivity contribution in [2.24, 2.45) is 5.92 Å². The number of benzene rings is 1. The van der Waals surface area contributed by atoms with Gasteiger partial charge in [-0.15, -0.1) is 0 Å². The second-order valence-corrected chi connectivity index (χ2v) is 4.20. The van der Waals surface area contributed by atoms with Crippen LogP contribution in [0, 0.1) is 5.92 Å². The minimum Gasteiger partial charge on any atom is -0.469 e. The van der Waals surface area contributed by atoms with Crippen LogP contribution in [-0.2, 0) is 15.1 Å². The van der Waals surface area contributed by atoms with Crippen molar-refractivity contribution in [3.63, 3.8) is 0 Å². The average Bonchev–Trinajstić information content (AvgIpc) is 2.29. The first-order chi connectivity index (χ1) is 7.50. The summed E-state index contributed by atoms with van der Waals surface area (Å²) in [6.07, 6.45) is -0.0226. The van der Waals surface area contributed by atoms with E-state index in [0.717, 1.165) is 5.56 Å². The summed E-state index contributed by atoms with van der Waals surface area (Å²) >= 11 is 0. The van der Waals surface area contributed by atoms with Gasteiger partial charge in [0.25, 0.3) is 0 Å². The van der Waals surface area contributed by atoms with Crippen molar-refractivity contribution < 1.29 is 14.6 Å². The molecule has 1 rings (SSSR count). The van der Waals surface area contributed by atoms with Gasteiger partial charge >= 0.3 is 5.97 Å². The summed E-state index contributed by atoms with van der Waals surface area (Å²) in [5, 5.41) is 10.6. The molecule has 0 radical (unpaired) electrons. The molecule has 16 heavy (non-hydrogen) atoms. The summed E-state index contributed by atoms with van der Waals surface area (Å²) in [5.41, 5.74) is -0.413. The molecule has 0 aliphatic rings. The number of carbonyl (C=O) groups is 1. The first kappa shape index (κ1) is 12.7. The van der Waals surface area contributed by atoms with Crippen molar-refractivity contribution in [3.8, 4) is 0 Å². The lowest BCUT2D eigenvalue weighted by molar-refractivity contribution is -0.148. The average molecular weight is 222 g/mol. The van der Waals surface area contributed by atoms with Gasteiger partial charge in [-0.05, 0) is 11.5 Å². The van der Waals surface area contributed by atoms with Crippen LogP contribution < -0.4 is 0 Å². The van der Waals surface area contributed by atoms with Crippen LogP contribution in [-0.4, -0.2) is 18.2 Å². The van der Waals surface area contributed by atoms with Crippen molar-refractivity contribution in [1.29, 1.82) is 0 Å². The predicted octanol–water partition coefficient (Wildman–Crippen LogP) is 2.09. The number of esters is 1. The standard InChI is InChI=1S/C13H18O3/c1-10(2)13(15,9-12(14)16-3)11-7-5-4-6-8-11/h4-8,10,15H,9H2,1-3H3/t13-/m1/s1. The number of methoxy groups -OCH3 is 1. The van der Waals surface area contributed by atoms with Crippen molar-refractivity contribution >= 4 is 5.97 Å². The highest BCUT2D eigenvalue weighted by molar-refractivity contribution is 5.71. The molecule has 0 saturated carbocycles. The normalized spacial score (nSPS) is 14.6. The number of hydrogen-bond donors (Lipinski definition) is 1. The Balaban J connectivity index is 3.02. The maximum Gasteiger partial charge on any atom is 0.308 e. The quantitative estimate of drug-likeness (QED) is 0.793. The number of rotatable bonds is 4. The SMILES string of the molecule is COC(=O)C[C@](O)(c1ccccc1)C(C)C. The molecule has 0 bridgehead atoms. The van der Waals surface area contributed by atoms with Crippen LogP contribution in [0.25, 0.3) is 0 Å². The monoisotopic (exact) mass is 222 g/mol. The van der Waals surface area contributed by atoms with E-state index in [9.17, 15) is 9.90 Å². The highest BCUT2D eigenvalue weighted by Crippen LogP contribution is 2.33. The van der Waals surface area contributed by atoms with Crippen molar-refractivity contribution in [2.75, 3.05) is 7.11 Å². The van der Waals surface area contributed by atoms with Gasteiger partial charge in [0, 0.05) is 0 Å². The molecular weight excluding hydrogens is 204 g/mol. The summed E-state index contributed by atoms with van der Waals surface area (Å²) in [5.74, 6) is -0.464. The maximum absolute atomic E-state index is 11.3. The molecule has 1 aromatic rings. The Labute approximate surface area is 96.1 Å². The fourth-order valence-corrected chi connectivity index (χ4v) is 1.66. The third kappa shape index (κ3) is 2.61. The van der Waals surface area contributed by atoms with Crippen LogP contribution >= 0.6 is 0 Å². The van der Waals surface area contributed by atoms with E-state index in [2.05, 4.69) is 4.74 Å². The van der Waals surface area contributed by atoms with Crippen molar-refractivity contribution in [3.05, 3.63) is 35.9 Å². The zero-order chi connectivity index (χ0) is 12.2. The molecule has 1 aromatic carbocycles. The molecule has 0 amide bonds. The van der Waals surface area contributed by atoms with E-state index in [1.165, 1.54) is 7.11 Å². The molecule has 0 spiro atoms. The maximum atomic E-state index is 11.3. The van der Waals surface area contributed by atoms with Gasteiger partial charge in [-0.1, -0.05) is 44.2 Å². The number of ether oxygens (including phenoxy) is 1. The molecule has 88 valence electrons. The van der Waals surface area contributed by atoms with Gasteiger partial charge in [0.15, 0.2) is 0 Å². The molecule has 0 aliphatic carbocycles. The summed E-state index contributed by atoms with van der Waals surface area (Å²) in [6, 6.07) is 9.22. The number of carbonyl (C=O) groups excluding carboxylic acids is 1. The predicted molar refractivity (Wildman–Crippen MR) is 61.8 cm³/mol. The minimum atomic E-state index is -1.16. The van der Waals surface area contributed by atoms with Gasteiger partial charge in [0.2, 0.25) is 0 Å². The molecule has 0 aliphatic heterocycles. The van der Waals surface area contributed by atoms with Crippen LogP contribution in [0.5, 0.6) is 0 Å². The second-order valence-electron chi connectivity index (χ2n) is 4.20. The van der Waals surface area contributed by atoms with E-state index in [0.29, 0.717) is 0 Å². The molecule has 0 aromatic heterocycles. The molecule has 3 nitrogen and oxygen atoms in total. The minimum absolute atomic E-state index is 0.0226. The molecule has 3 heteroatoms. The van der Waals surface area contributed by atoms with E-state index < -0.39 is 11.6 Å². The Morgan fingerprint density at radius 1 is 1.38 bits per heavy atom. The summed E-state index contributed by atoms with van der Waals surface area (Å²) < 4.78 is 4.62. The molecule has 1 atom stereocenters. The Hall–Kier alpha value is -1.35. The van der Waals surface area contributed by atoms with E-state index in [1.807, 2.05) is 44.2 Å². The fourth-order valence-electron chi connectivity index (χ4n) is 1.66. The molecule has 0 unspecified atom stereocenters. The van der Waals surface area contributed by atoms with E-state index in [4.69, 9.17) is 0 Å². The van der Waals surface area contributed by atoms with Crippen LogP contribution in [0.2, 0.25) is 0 Å². The highest BCUT2D eigenvalue weighted by atomic mass is 16.5. The topological polar surface area (TPSA) is 46.5 Å². The van der Waals surface area contributed by atoms with Gasteiger partial charge in [-0.3, -0.25) is 4.79 Å². The number of hydrogen-bond acceptors (Lipinski definition) is 3. The van der Waals surface area contributed by atoms with Crippen molar-refractivity contribution in [1.82, 2.24) is 0 Å². The Morgan fingerprint density at radius 2 is 1.94 bits per heavy atom. The third-order valence-corrected chi connectivity index (χ3v) is 2.87. The first-order valence-electron chi connectivity index (χ1n) is 5.35. The lowest BCUT2D eigenvalue weighted by atomic mass is 9.81. The van der Waals surface area contributed by atoms with Crippen LogP contribution in [0.3, 0.4) is 0 Å². The Bertz CT molecular complexity index is 345. The largest absolute Gasteiger partial charge is 0.469 e. The van der Waals surface area contributed by atoms with Gasteiger partial charge in [-0.2, -0.15) is 0 Å². The van der Waals surface area contributed by atoms with Gasteiger partial charge in [0.05, 0.1) is 13.5 Å². The molecule has 0 heterocycles. The molecule has 0 fully saturated rings. The van der Waals surface area contributed by atoms with E-state index in [1.54, 1.807) is 0 Å². The number of aliphatic hydroxyl groups is 1. The smallest absolute Gasteiger partial charge is 0.308 e. The van der Waals surface area contributed by atoms with Crippen LogP contribution in [0.1, 0.15) is 25.8 Å². The summed E-state index contributed by atoms with van der Waals surface area (Å²) in [7, 11) is 1.33. The third-order valence-electron chi connectivity index (χ3n) is 2.87. The Kier molecular flexibility index (Phi) is 4.07. The second kappa shape index (κ2) is 5.12. The fraction of sp³-hybridized carbons (Fsp3) is 0.462. The lowest BCUT2D eigenvalue weighted by Crippen LogP contribution is -2.35. The highest BCUT2D eigenvalue weighted by Gasteiger charge is 2.35. The molecule has 1 N–H and O–H groups in total. The Morgan fingerprint density at radius 3 is 2.38 bits per heavy atom. The van der Waals surface area contributed by atoms with Crippen LogP contribution in [0.15, 0.2) is 30.3 Å². The first-order valence-corrected chi connectivity index (χ1v) is 5.35. The van der Waals surface area contributed by atoms with Gasteiger partial charge < -0.3 is 9.84 Å².